The molecular formula is C32H36N8O3S. The molecule has 0 aliphatic carbocycles. The third kappa shape index (κ3) is 6.47. The van der Waals surface area contributed by atoms with Gasteiger partial charge in [0.2, 0.25) is 11.7 Å². The minimum absolute atomic E-state index is 0.141. The summed E-state index contributed by atoms with van der Waals surface area (Å²) in [4.78, 5) is 45.5. The maximum atomic E-state index is 13.4. The first kappa shape index (κ1) is 29.8. The molecule has 5 aromatic rings. The number of amides is 1. The van der Waals surface area contributed by atoms with Crippen molar-refractivity contribution < 1.29 is 14.1 Å². The van der Waals surface area contributed by atoms with E-state index < -0.39 is 0 Å². The molecule has 1 saturated heterocycles. The predicted molar refractivity (Wildman–Crippen MR) is 170 cm³/mol. The van der Waals surface area contributed by atoms with Crippen LogP contribution in [0.4, 0.5) is 5.69 Å². The summed E-state index contributed by atoms with van der Waals surface area (Å²) in [6, 6.07) is 9.40. The Morgan fingerprint density at radius 2 is 1.80 bits per heavy atom. The normalized spacial score (nSPS) is 14.4. The Morgan fingerprint density at radius 1 is 1.00 bits per heavy atom. The van der Waals surface area contributed by atoms with E-state index in [4.69, 9.17) is 9.51 Å². The summed E-state index contributed by atoms with van der Waals surface area (Å²) < 4.78 is 6.86. The van der Waals surface area contributed by atoms with Crippen molar-refractivity contribution in [3.05, 3.63) is 70.4 Å². The van der Waals surface area contributed by atoms with Gasteiger partial charge < -0.3 is 19.6 Å². The van der Waals surface area contributed by atoms with Crippen LogP contribution in [0.15, 0.2) is 47.2 Å². The number of hydrogen-bond donors (Lipinski definition) is 1. The summed E-state index contributed by atoms with van der Waals surface area (Å²) in [6.07, 6.45) is 5.82. The van der Waals surface area contributed by atoms with E-state index in [2.05, 4.69) is 37.3 Å². The fraction of sp³-hybridized carbons (Fsp3) is 0.375. The number of rotatable bonds is 10. The molecule has 0 unspecified atom stereocenters. The van der Waals surface area contributed by atoms with Crippen LogP contribution in [0.3, 0.4) is 0 Å². The lowest BCUT2D eigenvalue weighted by atomic mass is 10.1. The standard InChI is InChI=1S/C32H36N8O3S/c1-20-8-9-23(30-35-22(3)43-37-30)17-25(20)36-31(42)26-18-33-28-11-10-24(19-40(26)28)32-34-21(2)29(44-32)27(41)7-5-6-12-39-15-13-38(4)14-16-39/h8-11,17-19H,5-7,12-16H2,1-4H3,(H,36,42). The Kier molecular flexibility index (Phi) is 8.65. The monoisotopic (exact) mass is 612 g/mol. The lowest BCUT2D eigenvalue weighted by molar-refractivity contribution is 0.0977. The number of imidazole rings is 1. The number of anilines is 1. The molecule has 6 rings (SSSR count). The highest BCUT2D eigenvalue weighted by atomic mass is 32.1. The van der Waals surface area contributed by atoms with E-state index in [0.29, 0.717) is 40.0 Å². The second kappa shape index (κ2) is 12.8. The van der Waals surface area contributed by atoms with E-state index in [1.54, 1.807) is 17.5 Å². The van der Waals surface area contributed by atoms with Gasteiger partial charge in [0.1, 0.15) is 16.3 Å². The molecule has 1 aliphatic heterocycles. The summed E-state index contributed by atoms with van der Waals surface area (Å²) in [5.74, 6) is 0.764. The fourth-order valence-electron chi connectivity index (χ4n) is 5.36. The molecule has 1 amide bonds. The van der Waals surface area contributed by atoms with Gasteiger partial charge in [-0.05, 0) is 64.0 Å². The average Bonchev–Trinajstić information content (AvgIpc) is 3.75. The lowest BCUT2D eigenvalue weighted by Crippen LogP contribution is -2.44. The summed E-state index contributed by atoms with van der Waals surface area (Å²) in [5.41, 5.74) is 4.85. The Balaban J connectivity index is 1.14. The highest BCUT2D eigenvalue weighted by Gasteiger charge is 2.20. The quantitative estimate of drug-likeness (QED) is 0.166. The zero-order chi connectivity index (χ0) is 30.8. The van der Waals surface area contributed by atoms with Crippen molar-refractivity contribution in [2.75, 3.05) is 45.1 Å². The number of hydrogen-bond acceptors (Lipinski definition) is 10. The second-order valence-corrected chi connectivity index (χ2v) is 12.4. The van der Waals surface area contributed by atoms with Crippen LogP contribution in [-0.4, -0.2) is 85.8 Å². The Morgan fingerprint density at radius 3 is 2.57 bits per heavy atom. The maximum Gasteiger partial charge on any atom is 0.274 e. The second-order valence-electron chi connectivity index (χ2n) is 11.4. The number of Topliss-reactive ketones (excluding diaryl/α,β-unsaturated/α-hetero) is 1. The third-order valence-corrected chi connectivity index (χ3v) is 9.28. The smallest absolute Gasteiger partial charge is 0.274 e. The summed E-state index contributed by atoms with van der Waals surface area (Å²) in [5, 5.41) is 7.73. The third-order valence-electron chi connectivity index (χ3n) is 8.03. The fourth-order valence-corrected chi connectivity index (χ4v) is 6.38. The molecule has 0 bridgehead atoms. The number of carbonyl (C=O) groups is 2. The van der Waals surface area contributed by atoms with Crippen molar-refractivity contribution in [2.45, 2.75) is 40.0 Å². The van der Waals surface area contributed by atoms with Gasteiger partial charge in [0.25, 0.3) is 5.91 Å². The van der Waals surface area contributed by atoms with Gasteiger partial charge in [0.05, 0.1) is 16.8 Å². The van der Waals surface area contributed by atoms with Crippen LogP contribution < -0.4 is 5.32 Å². The highest BCUT2D eigenvalue weighted by molar-refractivity contribution is 7.17. The highest BCUT2D eigenvalue weighted by Crippen LogP contribution is 2.30. The van der Waals surface area contributed by atoms with Crippen molar-refractivity contribution in [3.63, 3.8) is 0 Å². The number of piperazine rings is 1. The van der Waals surface area contributed by atoms with Crippen molar-refractivity contribution in [1.82, 2.24) is 34.3 Å². The molecule has 1 aromatic carbocycles. The van der Waals surface area contributed by atoms with Crippen molar-refractivity contribution in [2.24, 2.45) is 0 Å². The first-order valence-corrected chi connectivity index (χ1v) is 15.7. The van der Waals surface area contributed by atoms with Crippen LogP contribution in [0.25, 0.3) is 27.6 Å². The van der Waals surface area contributed by atoms with Crippen molar-refractivity contribution >= 4 is 34.4 Å². The number of aryl methyl sites for hydroxylation is 3. The van der Waals surface area contributed by atoms with Crippen molar-refractivity contribution in [3.8, 4) is 22.0 Å². The zero-order valence-electron chi connectivity index (χ0n) is 25.5. The minimum Gasteiger partial charge on any atom is -0.339 e. The number of fused-ring (bicyclic) bond motifs is 1. The van der Waals surface area contributed by atoms with Gasteiger partial charge in [0.15, 0.2) is 5.78 Å². The van der Waals surface area contributed by atoms with Crippen LogP contribution >= 0.6 is 11.3 Å². The Hall–Kier alpha value is -4.26. The molecule has 1 N–H and O–H groups in total. The minimum atomic E-state index is -0.304. The van der Waals surface area contributed by atoms with Crippen LogP contribution in [0, 0.1) is 20.8 Å². The lowest BCUT2D eigenvalue weighted by Gasteiger charge is -2.32. The molecule has 5 heterocycles. The first-order valence-electron chi connectivity index (χ1n) is 14.9. The van der Waals surface area contributed by atoms with E-state index in [-0.39, 0.29) is 11.7 Å². The topological polar surface area (TPSA) is 122 Å². The SMILES string of the molecule is Cc1nc(-c2ccc(C)c(NC(=O)c3cnc4ccc(-c5nc(C)c(C(=O)CCCCN6CCN(C)CC6)s5)cn34)c2)no1. The molecule has 0 radical (unpaired) electrons. The van der Waals surface area contributed by atoms with Crippen LogP contribution in [0.5, 0.6) is 0 Å². The number of unbranched alkanes of at least 4 members (excludes halogenated alkanes) is 1. The Labute approximate surface area is 259 Å². The molecule has 1 aliphatic rings. The number of likely N-dealkylation sites (N-methyl/N-ethyl adjacent to an activating group) is 1. The number of carbonyl (C=O) groups excluding carboxylic acids is 2. The zero-order valence-corrected chi connectivity index (χ0v) is 26.3. The Bertz CT molecular complexity index is 1820. The van der Waals surface area contributed by atoms with E-state index in [9.17, 15) is 9.59 Å². The molecule has 12 heteroatoms. The number of nitrogens with zero attached hydrogens (tertiary/aromatic N) is 7. The molecule has 0 saturated carbocycles. The predicted octanol–water partition coefficient (Wildman–Crippen LogP) is 5.29. The van der Waals surface area contributed by atoms with E-state index in [0.717, 1.165) is 73.0 Å². The maximum absolute atomic E-state index is 13.4. The summed E-state index contributed by atoms with van der Waals surface area (Å²) >= 11 is 1.41. The largest absolute Gasteiger partial charge is 0.339 e. The molecule has 0 spiro atoms. The summed E-state index contributed by atoms with van der Waals surface area (Å²) in [7, 11) is 2.16. The van der Waals surface area contributed by atoms with Crippen LogP contribution in [0.2, 0.25) is 0 Å². The number of nitrogens with one attached hydrogen (secondary N) is 1. The molecule has 11 nitrogen and oxygen atoms in total. The molecule has 4 aromatic heterocycles. The number of aromatic nitrogens is 5. The average molecular weight is 613 g/mol. The number of benzene rings is 1. The van der Waals surface area contributed by atoms with Crippen LogP contribution in [0.1, 0.15) is 56.6 Å². The van der Waals surface area contributed by atoms with Gasteiger partial charge >= 0.3 is 0 Å². The van der Waals surface area contributed by atoms with Gasteiger partial charge in [0, 0.05) is 62.5 Å². The van der Waals surface area contributed by atoms with Gasteiger partial charge in [-0.2, -0.15) is 4.98 Å². The van der Waals surface area contributed by atoms with E-state index >= 15 is 0 Å². The number of pyridine rings is 1. The van der Waals surface area contributed by atoms with Gasteiger partial charge in [-0.3, -0.25) is 14.0 Å². The molecule has 44 heavy (non-hydrogen) atoms. The molecule has 0 atom stereocenters. The van der Waals surface area contributed by atoms with Gasteiger partial charge in [-0.1, -0.05) is 17.3 Å². The first-order chi connectivity index (χ1) is 21.2. The molecular weight excluding hydrogens is 576 g/mol. The van der Waals surface area contributed by atoms with E-state index in [1.165, 1.54) is 11.3 Å². The number of thiazole rings is 1. The van der Waals surface area contributed by atoms with Crippen LogP contribution in [-0.2, 0) is 0 Å². The summed E-state index contributed by atoms with van der Waals surface area (Å²) in [6.45, 7) is 11.0. The van der Waals surface area contributed by atoms with Gasteiger partial charge in [-0.15, -0.1) is 11.3 Å². The van der Waals surface area contributed by atoms with E-state index in [1.807, 2.05) is 50.4 Å². The number of ketones is 1. The molecule has 228 valence electrons. The van der Waals surface area contributed by atoms with Gasteiger partial charge in [-0.25, -0.2) is 9.97 Å². The molecule has 1 fully saturated rings. The van der Waals surface area contributed by atoms with Crippen molar-refractivity contribution in [1.29, 1.82) is 0 Å².